The van der Waals surface area contributed by atoms with Crippen LogP contribution in [0.3, 0.4) is 0 Å². The molecule has 0 saturated heterocycles. The Bertz CT molecular complexity index is 509. The number of nitrogens with zero attached hydrogens (tertiary/aromatic N) is 1. The Labute approximate surface area is 148 Å². The topological polar surface area (TPSA) is 12.4 Å². The number of hydrogen-bond acceptors (Lipinski definition) is 2. The maximum Gasteiger partial charge on any atom is 0.431 e. The van der Waals surface area contributed by atoms with Crippen molar-refractivity contribution in [2.75, 3.05) is 6.54 Å². The molecule has 0 radical (unpaired) electrons. The van der Waals surface area contributed by atoms with E-state index >= 15 is 0 Å². The van der Waals surface area contributed by atoms with Gasteiger partial charge in [0.1, 0.15) is 0 Å². The molecule has 0 amide bonds. The van der Waals surface area contributed by atoms with Gasteiger partial charge in [-0.15, -0.1) is 0 Å². The lowest BCUT2D eigenvalue weighted by molar-refractivity contribution is -0.353. The summed E-state index contributed by atoms with van der Waals surface area (Å²) in [6, 6.07) is 0. The minimum absolute atomic E-state index is 0.822. The monoisotopic (exact) mass is 447 g/mol. The van der Waals surface area contributed by atoms with Crippen LogP contribution in [0.4, 0.5) is 57.1 Å². The smallest absolute Gasteiger partial charge is 0.233 e. The molecule has 0 N–H and O–H groups in total. The quantitative estimate of drug-likeness (QED) is 0.248. The largest absolute Gasteiger partial charge is 0.431 e. The fraction of sp³-hybridized carbons (Fsp3) is 0.917. The summed E-state index contributed by atoms with van der Waals surface area (Å²) in [4.78, 5) is 3.00. The molecule has 0 saturated carbocycles. The number of thiocarbonyl (C=S) groups is 1. The second kappa shape index (κ2) is 8.50. The van der Waals surface area contributed by atoms with E-state index in [1.807, 2.05) is 0 Å². The molecule has 0 aliphatic carbocycles. The van der Waals surface area contributed by atoms with E-state index in [0.717, 1.165) is 0 Å². The van der Waals surface area contributed by atoms with Crippen molar-refractivity contribution < 1.29 is 57.1 Å². The Hall–Kier alpha value is -1.11. The van der Waals surface area contributed by atoms with Crippen LogP contribution in [0.25, 0.3) is 0 Å². The van der Waals surface area contributed by atoms with E-state index in [4.69, 9.17) is 0 Å². The Morgan fingerprint density at radius 2 is 1.11 bits per heavy atom. The minimum Gasteiger partial charge on any atom is -0.233 e. The van der Waals surface area contributed by atoms with Crippen molar-refractivity contribution in [3.05, 3.63) is 0 Å². The molecule has 0 heterocycles. The molecule has 0 aliphatic rings. The number of alkyl halides is 13. The summed E-state index contributed by atoms with van der Waals surface area (Å²) in [6.45, 7) is -0.822. The molecular weight excluding hydrogens is 437 g/mol. The first-order chi connectivity index (χ1) is 11.8. The van der Waals surface area contributed by atoms with Crippen molar-refractivity contribution in [3.8, 4) is 0 Å². The van der Waals surface area contributed by atoms with E-state index in [1.54, 1.807) is 5.16 Å². The van der Waals surface area contributed by atoms with Gasteiger partial charge in [-0.1, -0.05) is 0 Å². The van der Waals surface area contributed by atoms with Crippen LogP contribution >= 0.6 is 12.2 Å². The maximum atomic E-state index is 13.6. The van der Waals surface area contributed by atoms with Gasteiger partial charge in [0, 0.05) is 13.0 Å². The highest BCUT2D eigenvalue weighted by Crippen LogP contribution is 2.53. The van der Waals surface area contributed by atoms with Gasteiger partial charge in [-0.25, -0.2) is 9.38 Å². The lowest BCUT2D eigenvalue weighted by Crippen LogP contribution is -2.55. The van der Waals surface area contributed by atoms with Gasteiger partial charge in [-0.05, 0) is 25.1 Å². The van der Waals surface area contributed by atoms with Crippen LogP contribution in [0.2, 0.25) is 0 Å². The van der Waals surface area contributed by atoms with E-state index in [1.165, 1.54) is 0 Å². The average molecular weight is 447 g/mol. The van der Waals surface area contributed by atoms with Gasteiger partial charge >= 0.3 is 24.7 Å². The van der Waals surface area contributed by atoms with Crippen LogP contribution in [-0.4, -0.2) is 42.1 Å². The third kappa shape index (κ3) is 7.09. The number of rotatable bonds is 7. The van der Waals surface area contributed by atoms with Crippen molar-refractivity contribution in [2.24, 2.45) is 16.8 Å². The van der Waals surface area contributed by atoms with E-state index in [-0.39, 0.29) is 0 Å². The average Bonchev–Trinajstić information content (AvgIpc) is 2.40. The molecule has 0 aromatic heterocycles. The zero-order valence-corrected chi connectivity index (χ0v) is 13.6. The lowest BCUT2D eigenvalue weighted by atomic mass is 9.83. The highest BCUT2D eigenvalue weighted by Gasteiger charge is 2.74. The van der Waals surface area contributed by atoms with Crippen molar-refractivity contribution in [1.29, 1.82) is 0 Å². The van der Waals surface area contributed by atoms with Crippen LogP contribution in [-0.2, 0) is 0 Å². The van der Waals surface area contributed by atoms with Crippen LogP contribution in [0, 0.1) is 11.8 Å². The van der Waals surface area contributed by atoms with Crippen molar-refractivity contribution >= 4 is 17.4 Å². The Balaban J connectivity index is 5.89. The molecule has 0 bridgehead atoms. The highest BCUT2D eigenvalue weighted by molar-refractivity contribution is 7.78. The fourth-order valence-electron chi connectivity index (χ4n) is 2.09. The molecule has 0 spiro atoms. The predicted molar refractivity (Wildman–Crippen MR) is 68.8 cm³/mol. The summed E-state index contributed by atoms with van der Waals surface area (Å²) >= 11 is 4.02. The first-order valence-electron chi connectivity index (χ1n) is 6.76. The zero-order chi connectivity index (χ0) is 21.9. The molecule has 1 nitrogen and oxygen atoms in total. The Kier molecular flexibility index (Phi) is 8.15. The second-order valence-corrected chi connectivity index (χ2v) is 5.66. The molecule has 15 heteroatoms. The molecule has 160 valence electrons. The van der Waals surface area contributed by atoms with E-state index in [2.05, 4.69) is 17.2 Å². The van der Waals surface area contributed by atoms with Crippen molar-refractivity contribution in [1.82, 2.24) is 0 Å². The first kappa shape index (κ1) is 25.9. The number of hydrogen-bond donors (Lipinski definition) is 0. The Morgan fingerprint density at radius 3 is 1.41 bits per heavy atom. The SMILES string of the molecule is FC(F)(F)C(CCN=C=S)CC(CC(F)(C(F)(F)F)C(F)(F)F)C(F)(F)F. The maximum absolute atomic E-state index is 13.6. The summed E-state index contributed by atoms with van der Waals surface area (Å²) < 4.78 is 165. The molecule has 0 rings (SSSR count). The zero-order valence-electron chi connectivity index (χ0n) is 12.8. The van der Waals surface area contributed by atoms with E-state index < -0.39 is 68.0 Å². The summed E-state index contributed by atoms with van der Waals surface area (Å²) in [5.41, 5.74) is -6.33. The summed E-state index contributed by atoms with van der Waals surface area (Å²) in [7, 11) is 0. The van der Waals surface area contributed by atoms with E-state index in [9.17, 15) is 57.1 Å². The third-order valence-electron chi connectivity index (χ3n) is 3.58. The van der Waals surface area contributed by atoms with Crippen LogP contribution in [0.1, 0.15) is 19.3 Å². The first-order valence-corrected chi connectivity index (χ1v) is 7.17. The number of halogens is 13. The van der Waals surface area contributed by atoms with Gasteiger partial charge in [0.15, 0.2) is 0 Å². The van der Waals surface area contributed by atoms with Crippen LogP contribution < -0.4 is 0 Å². The Morgan fingerprint density at radius 1 is 0.704 bits per heavy atom. The molecule has 27 heavy (non-hydrogen) atoms. The molecule has 0 aliphatic heterocycles. The summed E-state index contributed by atoms with van der Waals surface area (Å²) in [6.07, 6.45) is -31.7. The number of isothiocyanates is 1. The highest BCUT2D eigenvalue weighted by atomic mass is 32.1. The second-order valence-electron chi connectivity index (χ2n) is 5.48. The molecule has 2 atom stereocenters. The van der Waals surface area contributed by atoms with Gasteiger partial charge in [0.05, 0.1) is 17.0 Å². The summed E-state index contributed by atoms with van der Waals surface area (Å²) in [5.74, 6) is -6.85. The van der Waals surface area contributed by atoms with E-state index in [0.29, 0.717) is 0 Å². The van der Waals surface area contributed by atoms with Crippen molar-refractivity contribution in [2.45, 2.75) is 49.6 Å². The van der Waals surface area contributed by atoms with Gasteiger partial charge in [0.2, 0.25) is 0 Å². The van der Waals surface area contributed by atoms with Crippen LogP contribution in [0.5, 0.6) is 0 Å². The molecule has 0 fully saturated rings. The van der Waals surface area contributed by atoms with Gasteiger partial charge < -0.3 is 0 Å². The standard InChI is InChI=1S/C12H10F13NS/c13-8(11(20,21)22,12(23,24)25)4-7(10(17,18)19)3-6(9(14,15)16)1-2-26-5-27/h6-7H,1-4H2. The van der Waals surface area contributed by atoms with Crippen molar-refractivity contribution in [3.63, 3.8) is 0 Å². The third-order valence-corrected chi connectivity index (χ3v) is 3.70. The predicted octanol–water partition coefficient (Wildman–Crippen LogP) is 6.45. The van der Waals surface area contributed by atoms with Gasteiger partial charge in [-0.3, -0.25) is 0 Å². The van der Waals surface area contributed by atoms with Gasteiger partial charge in [0.25, 0.3) is 5.67 Å². The lowest BCUT2D eigenvalue weighted by Gasteiger charge is -2.35. The van der Waals surface area contributed by atoms with Crippen LogP contribution in [0.15, 0.2) is 4.99 Å². The summed E-state index contributed by atoms with van der Waals surface area (Å²) in [5, 5.41) is 1.60. The molecule has 0 aromatic carbocycles. The minimum atomic E-state index is -6.82. The normalized spacial score (nSPS) is 16.6. The fourth-order valence-corrected chi connectivity index (χ4v) is 2.18. The van der Waals surface area contributed by atoms with Gasteiger partial charge in [-0.2, -0.15) is 52.7 Å². The molecule has 2 unspecified atom stereocenters. The number of aliphatic imine (C=N–C) groups is 1. The molecule has 0 aromatic rings. The molecular formula is C12H10F13NS.